The molecule has 3 rings (SSSR count). The van der Waals surface area contributed by atoms with Crippen LogP contribution in [0.2, 0.25) is 0 Å². The van der Waals surface area contributed by atoms with Gasteiger partial charge in [-0.05, 0) is 42.1 Å². The minimum absolute atomic E-state index is 0.284. The minimum atomic E-state index is -0.383. The number of pyridine rings is 1. The normalized spacial score (nSPS) is 11.2. The van der Waals surface area contributed by atoms with Gasteiger partial charge in [0.2, 0.25) is 0 Å². The van der Waals surface area contributed by atoms with Gasteiger partial charge in [-0.3, -0.25) is 4.98 Å². The number of fused-ring (bicyclic) bond motifs is 3. The first-order chi connectivity index (χ1) is 12.7. The van der Waals surface area contributed by atoms with E-state index in [9.17, 15) is 4.39 Å². The summed E-state index contributed by atoms with van der Waals surface area (Å²) in [7, 11) is 1.63. The number of halogens is 1. The molecule has 138 valence electrons. The number of nitrogens with zero attached hydrogens (tertiary/aromatic N) is 1. The van der Waals surface area contributed by atoms with Crippen LogP contribution in [0.15, 0.2) is 36.5 Å². The lowest BCUT2D eigenvalue weighted by atomic mass is 10.1. The van der Waals surface area contributed by atoms with Crippen LogP contribution in [-0.2, 0) is 0 Å². The van der Waals surface area contributed by atoms with Gasteiger partial charge in [0.15, 0.2) is 11.6 Å². The quantitative estimate of drug-likeness (QED) is 0.334. The van der Waals surface area contributed by atoms with E-state index in [2.05, 4.69) is 11.9 Å². The van der Waals surface area contributed by atoms with Gasteiger partial charge < -0.3 is 9.47 Å². The van der Waals surface area contributed by atoms with Crippen molar-refractivity contribution >= 4 is 21.7 Å². The molecule has 0 aliphatic rings. The molecule has 0 aliphatic carbocycles. The lowest BCUT2D eigenvalue weighted by Gasteiger charge is -2.10. The molecular formula is C22H26FNO2. The number of ether oxygens (including phenoxy) is 2. The SMILES string of the molecule is CCCCCCCCOc1ccc2c(ncc3cc(OC)ccc32)c1F. The molecule has 0 unspecified atom stereocenters. The van der Waals surface area contributed by atoms with Crippen molar-refractivity contribution in [3.8, 4) is 11.5 Å². The van der Waals surface area contributed by atoms with E-state index < -0.39 is 0 Å². The molecule has 0 fully saturated rings. The highest BCUT2D eigenvalue weighted by Crippen LogP contribution is 2.31. The van der Waals surface area contributed by atoms with E-state index in [0.29, 0.717) is 12.1 Å². The largest absolute Gasteiger partial charge is 0.497 e. The van der Waals surface area contributed by atoms with Crippen molar-refractivity contribution in [2.45, 2.75) is 45.4 Å². The summed E-state index contributed by atoms with van der Waals surface area (Å²) in [5, 5.41) is 2.67. The molecule has 4 heteroatoms. The molecule has 1 aromatic heterocycles. The molecule has 0 saturated carbocycles. The first-order valence-electron chi connectivity index (χ1n) is 9.42. The highest BCUT2D eigenvalue weighted by Gasteiger charge is 2.12. The van der Waals surface area contributed by atoms with Crippen LogP contribution in [0.3, 0.4) is 0 Å². The Labute approximate surface area is 154 Å². The van der Waals surface area contributed by atoms with Crippen molar-refractivity contribution < 1.29 is 13.9 Å². The maximum atomic E-state index is 14.8. The van der Waals surface area contributed by atoms with Crippen LogP contribution < -0.4 is 9.47 Å². The van der Waals surface area contributed by atoms with Crippen LogP contribution in [0, 0.1) is 5.82 Å². The lowest BCUT2D eigenvalue weighted by molar-refractivity contribution is 0.291. The van der Waals surface area contributed by atoms with E-state index in [-0.39, 0.29) is 11.6 Å². The summed E-state index contributed by atoms with van der Waals surface area (Å²) >= 11 is 0. The average Bonchev–Trinajstić information content (AvgIpc) is 2.68. The van der Waals surface area contributed by atoms with Crippen LogP contribution in [0.25, 0.3) is 21.7 Å². The predicted octanol–water partition coefficient (Wildman–Crippen LogP) is 6.28. The van der Waals surface area contributed by atoms with Crippen molar-refractivity contribution in [3.63, 3.8) is 0 Å². The standard InChI is InChI=1S/C22H26FNO2/c1-3-4-5-6-7-8-13-26-20-12-11-19-18-10-9-17(25-2)14-16(18)15-24-22(19)21(20)23/h9-12,14-15H,3-8,13H2,1-2H3. The molecule has 1 heterocycles. The van der Waals surface area contributed by atoms with Gasteiger partial charge in [0.1, 0.15) is 11.3 Å². The number of rotatable bonds is 9. The van der Waals surface area contributed by atoms with Crippen molar-refractivity contribution in [2.24, 2.45) is 0 Å². The second-order valence-electron chi connectivity index (χ2n) is 6.60. The molecule has 0 bridgehead atoms. The lowest BCUT2D eigenvalue weighted by Crippen LogP contribution is -2.00. The predicted molar refractivity (Wildman–Crippen MR) is 105 cm³/mol. The molecule has 26 heavy (non-hydrogen) atoms. The highest BCUT2D eigenvalue weighted by molar-refractivity contribution is 6.06. The summed E-state index contributed by atoms with van der Waals surface area (Å²) in [6.45, 7) is 2.75. The minimum Gasteiger partial charge on any atom is -0.497 e. The molecule has 0 atom stereocenters. The first-order valence-corrected chi connectivity index (χ1v) is 9.42. The Morgan fingerprint density at radius 1 is 0.962 bits per heavy atom. The van der Waals surface area contributed by atoms with E-state index in [1.165, 1.54) is 25.7 Å². The zero-order valence-electron chi connectivity index (χ0n) is 15.6. The van der Waals surface area contributed by atoms with Gasteiger partial charge in [0, 0.05) is 17.0 Å². The Morgan fingerprint density at radius 2 is 1.73 bits per heavy atom. The fraction of sp³-hybridized carbons (Fsp3) is 0.409. The van der Waals surface area contributed by atoms with E-state index >= 15 is 0 Å². The molecule has 0 amide bonds. The molecule has 3 aromatic rings. The summed E-state index contributed by atoms with van der Waals surface area (Å²) in [6, 6.07) is 9.32. The monoisotopic (exact) mass is 355 g/mol. The van der Waals surface area contributed by atoms with E-state index in [0.717, 1.165) is 34.7 Å². The fourth-order valence-electron chi connectivity index (χ4n) is 3.22. The van der Waals surface area contributed by atoms with Gasteiger partial charge in [-0.15, -0.1) is 0 Å². The van der Waals surface area contributed by atoms with Crippen LogP contribution >= 0.6 is 0 Å². The maximum Gasteiger partial charge on any atom is 0.191 e. The second kappa shape index (κ2) is 8.84. The topological polar surface area (TPSA) is 31.4 Å². The van der Waals surface area contributed by atoms with Gasteiger partial charge >= 0.3 is 0 Å². The van der Waals surface area contributed by atoms with Crippen LogP contribution in [0.1, 0.15) is 45.4 Å². The van der Waals surface area contributed by atoms with Gasteiger partial charge in [-0.25, -0.2) is 4.39 Å². The zero-order valence-corrected chi connectivity index (χ0v) is 15.6. The van der Waals surface area contributed by atoms with Gasteiger partial charge in [0.25, 0.3) is 0 Å². The third-order valence-electron chi connectivity index (χ3n) is 4.72. The molecule has 2 aromatic carbocycles. The van der Waals surface area contributed by atoms with Crippen LogP contribution in [0.5, 0.6) is 11.5 Å². The van der Waals surface area contributed by atoms with Crippen molar-refractivity contribution in [3.05, 3.63) is 42.3 Å². The summed E-state index contributed by atoms with van der Waals surface area (Å²) < 4.78 is 25.7. The van der Waals surface area contributed by atoms with E-state index in [4.69, 9.17) is 9.47 Å². The number of unbranched alkanes of at least 4 members (excludes halogenated alkanes) is 5. The molecule has 0 N–H and O–H groups in total. The molecule has 0 aliphatic heterocycles. The Morgan fingerprint density at radius 3 is 2.54 bits per heavy atom. The van der Waals surface area contributed by atoms with Crippen molar-refractivity contribution in [1.82, 2.24) is 4.98 Å². The fourth-order valence-corrected chi connectivity index (χ4v) is 3.22. The Hall–Kier alpha value is -2.36. The van der Waals surface area contributed by atoms with Gasteiger partial charge in [-0.2, -0.15) is 0 Å². The summed E-state index contributed by atoms with van der Waals surface area (Å²) in [5.74, 6) is 0.663. The first kappa shape index (κ1) is 18.4. The Balaban J connectivity index is 1.73. The smallest absolute Gasteiger partial charge is 0.191 e. The molecule has 0 spiro atoms. The number of methoxy groups -OCH3 is 1. The van der Waals surface area contributed by atoms with Crippen molar-refractivity contribution in [2.75, 3.05) is 13.7 Å². The van der Waals surface area contributed by atoms with Gasteiger partial charge in [0.05, 0.1) is 13.7 Å². The highest BCUT2D eigenvalue weighted by atomic mass is 19.1. The van der Waals surface area contributed by atoms with Crippen LogP contribution in [0.4, 0.5) is 4.39 Å². The Kier molecular flexibility index (Phi) is 6.26. The third-order valence-corrected chi connectivity index (χ3v) is 4.72. The number of hydrogen-bond acceptors (Lipinski definition) is 3. The summed E-state index contributed by atoms with van der Waals surface area (Å²) in [6.07, 6.45) is 8.77. The molecule has 0 saturated heterocycles. The third kappa shape index (κ3) is 4.06. The number of hydrogen-bond donors (Lipinski definition) is 0. The van der Waals surface area contributed by atoms with Crippen LogP contribution in [-0.4, -0.2) is 18.7 Å². The van der Waals surface area contributed by atoms with Gasteiger partial charge in [-0.1, -0.05) is 39.0 Å². The van der Waals surface area contributed by atoms with Crippen molar-refractivity contribution in [1.29, 1.82) is 0 Å². The molecule has 0 radical (unpaired) electrons. The summed E-state index contributed by atoms with van der Waals surface area (Å²) in [4.78, 5) is 4.31. The van der Waals surface area contributed by atoms with E-state index in [1.807, 2.05) is 24.3 Å². The second-order valence-corrected chi connectivity index (χ2v) is 6.60. The zero-order chi connectivity index (χ0) is 18.4. The average molecular weight is 355 g/mol. The Bertz CT molecular complexity index is 879. The maximum absolute atomic E-state index is 14.8. The molecular weight excluding hydrogens is 329 g/mol. The number of aromatic nitrogens is 1. The molecule has 3 nitrogen and oxygen atoms in total. The van der Waals surface area contributed by atoms with E-state index in [1.54, 1.807) is 19.4 Å². The number of benzene rings is 2. The summed E-state index contributed by atoms with van der Waals surface area (Å²) in [5.41, 5.74) is 0.350.